The first-order chi connectivity index (χ1) is 19.9. The zero-order valence-electron chi connectivity index (χ0n) is 23.6. The molecule has 4 heterocycles. The number of benzene rings is 1. The smallest absolute Gasteiger partial charge is 0.310 e. The number of fused-ring (bicyclic) bond motifs is 2. The summed E-state index contributed by atoms with van der Waals surface area (Å²) in [4.78, 5) is 45.6. The molecule has 1 aromatic carbocycles. The second-order valence-corrected chi connectivity index (χ2v) is 12.7. The van der Waals surface area contributed by atoms with E-state index in [1.54, 1.807) is 38.4 Å². The molecule has 3 saturated heterocycles. The van der Waals surface area contributed by atoms with Crippen LogP contribution in [0.25, 0.3) is 11.0 Å². The van der Waals surface area contributed by atoms with Crippen molar-refractivity contribution in [3.05, 3.63) is 49.6 Å². The largest absolute Gasteiger partial charge is 0.465 e. The van der Waals surface area contributed by atoms with Gasteiger partial charge in [-0.2, -0.15) is 0 Å². The average molecular weight is 582 g/mol. The molecule has 220 valence electrons. The molecule has 0 radical (unpaired) electrons. The van der Waals surface area contributed by atoms with Gasteiger partial charge in [0.2, 0.25) is 11.8 Å². The van der Waals surface area contributed by atoms with Gasteiger partial charge in [-0.25, -0.2) is 4.68 Å². The maximum absolute atomic E-state index is 14.6. The summed E-state index contributed by atoms with van der Waals surface area (Å²) in [6.45, 7) is 10.8. The van der Waals surface area contributed by atoms with E-state index in [9.17, 15) is 19.5 Å². The molecular formula is C30H39N5O5S. The van der Waals surface area contributed by atoms with Gasteiger partial charge in [-0.05, 0) is 50.2 Å². The van der Waals surface area contributed by atoms with Crippen LogP contribution < -0.4 is 0 Å². The summed E-state index contributed by atoms with van der Waals surface area (Å²) in [7, 11) is 0. The molecule has 0 saturated carbocycles. The van der Waals surface area contributed by atoms with Crippen molar-refractivity contribution in [1.29, 1.82) is 0 Å². The summed E-state index contributed by atoms with van der Waals surface area (Å²) >= 11 is 1.64. The molecule has 41 heavy (non-hydrogen) atoms. The highest BCUT2D eigenvalue weighted by Gasteiger charge is 2.76. The van der Waals surface area contributed by atoms with E-state index in [4.69, 9.17) is 4.74 Å². The predicted octanol–water partition coefficient (Wildman–Crippen LogP) is 3.02. The highest BCUT2D eigenvalue weighted by Crippen LogP contribution is 2.68. The minimum atomic E-state index is -0.736. The number of esters is 1. The average Bonchev–Trinajstić information content (AvgIpc) is 3.68. The first-order valence-electron chi connectivity index (χ1n) is 14.4. The lowest BCUT2D eigenvalue weighted by atomic mass is 9.66. The molecule has 2 aromatic rings. The van der Waals surface area contributed by atoms with Crippen molar-refractivity contribution in [2.75, 3.05) is 26.3 Å². The van der Waals surface area contributed by atoms with Crippen LogP contribution in [0.4, 0.5) is 0 Å². The number of likely N-dealkylation sites (tertiary alicyclic amines) is 1. The molecule has 0 aliphatic carbocycles. The molecule has 3 fully saturated rings. The van der Waals surface area contributed by atoms with Gasteiger partial charge >= 0.3 is 5.97 Å². The Morgan fingerprint density at radius 3 is 2.80 bits per heavy atom. The Kier molecular flexibility index (Phi) is 8.84. The third-order valence-electron chi connectivity index (χ3n) is 8.76. The van der Waals surface area contributed by atoms with Gasteiger partial charge in [0.05, 0.1) is 28.7 Å². The van der Waals surface area contributed by atoms with E-state index in [2.05, 4.69) is 30.4 Å². The number of carbonyl (C=O) groups is 3. The molecule has 1 spiro atoms. The summed E-state index contributed by atoms with van der Waals surface area (Å²) in [5.74, 6) is -1.84. The van der Waals surface area contributed by atoms with Gasteiger partial charge in [0, 0.05) is 24.9 Å². The predicted molar refractivity (Wildman–Crippen MR) is 157 cm³/mol. The molecule has 10 nitrogen and oxygen atoms in total. The van der Waals surface area contributed by atoms with Crippen LogP contribution in [0, 0.1) is 17.8 Å². The van der Waals surface area contributed by atoms with Crippen LogP contribution in [0.1, 0.15) is 39.0 Å². The van der Waals surface area contributed by atoms with Crippen molar-refractivity contribution in [1.82, 2.24) is 24.8 Å². The van der Waals surface area contributed by atoms with E-state index >= 15 is 0 Å². The van der Waals surface area contributed by atoms with Crippen LogP contribution in [0.3, 0.4) is 0 Å². The lowest BCUT2D eigenvalue weighted by Crippen LogP contribution is -2.57. The van der Waals surface area contributed by atoms with Crippen LogP contribution in [-0.2, 0) is 25.8 Å². The standard InChI is InChI=1S/C30H39N5O5S/c1-4-6-17-40-29(39)24-23-18-20(3)30(41-23)25(24)27(37)34(15-10-7-11-16-36)26(30)28(38)33(14-5-2)19-35-22-13-9-8-12-21(22)31-32-35/h4-5,8-9,12-13,20,23-26,36H,1-2,6-7,10-11,14-19H2,3H3/t20?,23-,24+,25-,26?,30?/m0/s1. The van der Waals surface area contributed by atoms with Gasteiger partial charge in [0.1, 0.15) is 18.2 Å². The van der Waals surface area contributed by atoms with Gasteiger partial charge in [0.25, 0.3) is 0 Å². The second kappa shape index (κ2) is 12.4. The van der Waals surface area contributed by atoms with Crippen molar-refractivity contribution >= 4 is 40.6 Å². The molecule has 1 N–H and O–H groups in total. The third-order valence-corrected chi connectivity index (χ3v) is 10.8. The SMILES string of the molecule is C=CCCOC(=O)[C@@H]1[C@@H]2CC(C)C3(S2)C(C(=O)N(CC=C)Cn2nnc4ccccc42)N(CCCCCO)C(=O)[C@H]13. The Labute approximate surface area is 244 Å². The minimum absolute atomic E-state index is 0.0536. The number of amides is 2. The van der Waals surface area contributed by atoms with E-state index in [0.717, 1.165) is 23.9 Å². The Balaban J connectivity index is 1.49. The fraction of sp³-hybridized carbons (Fsp3) is 0.567. The van der Waals surface area contributed by atoms with E-state index in [0.29, 0.717) is 25.8 Å². The Morgan fingerprint density at radius 2 is 2.05 bits per heavy atom. The number of ether oxygens (including phenoxy) is 1. The van der Waals surface area contributed by atoms with Gasteiger partial charge in [-0.3, -0.25) is 14.4 Å². The molecule has 2 bridgehead atoms. The molecule has 1 aromatic heterocycles. The Morgan fingerprint density at radius 1 is 1.24 bits per heavy atom. The number of unbranched alkanes of at least 4 members (excludes halogenated alkanes) is 2. The lowest BCUT2D eigenvalue weighted by Gasteiger charge is -2.40. The lowest BCUT2D eigenvalue weighted by molar-refractivity contribution is -0.154. The fourth-order valence-corrected chi connectivity index (χ4v) is 9.35. The minimum Gasteiger partial charge on any atom is -0.465 e. The topological polar surface area (TPSA) is 118 Å². The highest BCUT2D eigenvalue weighted by atomic mass is 32.2. The quantitative estimate of drug-likeness (QED) is 0.206. The molecule has 2 amide bonds. The van der Waals surface area contributed by atoms with Gasteiger partial charge in [-0.1, -0.05) is 36.4 Å². The van der Waals surface area contributed by atoms with Gasteiger partial charge < -0.3 is 19.6 Å². The summed E-state index contributed by atoms with van der Waals surface area (Å²) in [6.07, 6.45) is 6.68. The zero-order valence-corrected chi connectivity index (χ0v) is 24.4. The molecule has 3 unspecified atom stereocenters. The monoisotopic (exact) mass is 581 g/mol. The molecule has 11 heteroatoms. The number of nitrogens with zero attached hydrogens (tertiary/aromatic N) is 5. The fourth-order valence-electron chi connectivity index (χ4n) is 6.95. The number of para-hydroxylation sites is 1. The van der Waals surface area contributed by atoms with E-state index < -0.39 is 22.6 Å². The van der Waals surface area contributed by atoms with E-state index in [1.807, 2.05) is 24.3 Å². The molecule has 3 aliphatic rings. The number of thioether (sulfide) groups is 1. The number of carbonyl (C=O) groups excluding carboxylic acids is 3. The summed E-state index contributed by atoms with van der Waals surface area (Å²) in [6, 6.07) is 6.83. The molecular weight excluding hydrogens is 542 g/mol. The number of hydrogen-bond acceptors (Lipinski definition) is 8. The van der Waals surface area contributed by atoms with E-state index in [-0.39, 0.29) is 55.4 Å². The molecule has 6 atom stereocenters. The Hall–Kier alpha value is -3.18. The summed E-state index contributed by atoms with van der Waals surface area (Å²) < 4.78 is 6.56. The van der Waals surface area contributed by atoms with E-state index in [1.165, 1.54) is 0 Å². The van der Waals surface area contributed by atoms with Crippen LogP contribution >= 0.6 is 11.8 Å². The van der Waals surface area contributed by atoms with Crippen molar-refractivity contribution in [3.63, 3.8) is 0 Å². The number of aliphatic hydroxyl groups excluding tert-OH is 1. The zero-order chi connectivity index (χ0) is 29.1. The second-order valence-electron chi connectivity index (χ2n) is 11.2. The first kappa shape index (κ1) is 29.3. The maximum atomic E-state index is 14.6. The van der Waals surface area contributed by atoms with Crippen molar-refractivity contribution in [2.45, 2.75) is 61.7 Å². The maximum Gasteiger partial charge on any atom is 0.310 e. The summed E-state index contributed by atoms with van der Waals surface area (Å²) in [5, 5.41) is 17.7. The van der Waals surface area contributed by atoms with Crippen LogP contribution in [-0.4, -0.2) is 90.0 Å². The van der Waals surface area contributed by atoms with Crippen LogP contribution in [0.5, 0.6) is 0 Å². The van der Waals surface area contributed by atoms with Crippen molar-refractivity contribution < 1.29 is 24.2 Å². The first-order valence-corrected chi connectivity index (χ1v) is 15.3. The van der Waals surface area contributed by atoms with Gasteiger partial charge in [0.15, 0.2) is 0 Å². The van der Waals surface area contributed by atoms with Crippen LogP contribution in [0.15, 0.2) is 49.6 Å². The van der Waals surface area contributed by atoms with Crippen molar-refractivity contribution in [3.8, 4) is 0 Å². The number of aliphatic hydroxyl groups is 1. The Bertz CT molecular complexity index is 1320. The van der Waals surface area contributed by atoms with Crippen molar-refractivity contribution in [2.24, 2.45) is 17.8 Å². The number of rotatable bonds is 14. The van der Waals surface area contributed by atoms with Gasteiger partial charge in [-0.15, -0.1) is 30.0 Å². The molecule has 3 aliphatic heterocycles. The molecule has 5 rings (SSSR count). The summed E-state index contributed by atoms with van der Waals surface area (Å²) in [5.41, 5.74) is 1.54. The highest BCUT2D eigenvalue weighted by molar-refractivity contribution is 8.02. The number of aromatic nitrogens is 3. The third kappa shape index (κ3) is 5.07. The number of hydrogen-bond donors (Lipinski definition) is 1. The van der Waals surface area contributed by atoms with Crippen LogP contribution in [0.2, 0.25) is 0 Å². The normalized spacial score (nSPS) is 28.2.